The number of ether oxygens (including phenoxy) is 1. The highest BCUT2D eigenvalue weighted by atomic mass is 32.2. The number of rotatable bonds is 6. The molecular formula is C18H20N2O4S. The zero-order valence-corrected chi connectivity index (χ0v) is 14.8. The first-order valence-corrected chi connectivity index (χ1v) is 9.51. The number of methoxy groups -OCH3 is 1. The fourth-order valence-corrected chi connectivity index (χ4v) is 3.89. The van der Waals surface area contributed by atoms with Gasteiger partial charge in [0.05, 0.1) is 12.0 Å². The van der Waals surface area contributed by atoms with E-state index in [9.17, 15) is 13.2 Å². The summed E-state index contributed by atoms with van der Waals surface area (Å²) in [5.74, 6) is 0.504. The lowest BCUT2D eigenvalue weighted by Crippen LogP contribution is -2.33. The number of nitrogens with one attached hydrogen (secondary N) is 1. The van der Waals surface area contributed by atoms with E-state index in [1.54, 1.807) is 17.0 Å². The van der Waals surface area contributed by atoms with Gasteiger partial charge in [0.25, 0.3) is 0 Å². The van der Waals surface area contributed by atoms with Crippen LogP contribution in [-0.2, 0) is 21.2 Å². The quantitative estimate of drug-likeness (QED) is 0.854. The number of hydrogen-bond acceptors (Lipinski definition) is 4. The third kappa shape index (κ3) is 3.83. The van der Waals surface area contributed by atoms with E-state index >= 15 is 0 Å². The first-order chi connectivity index (χ1) is 12.0. The number of anilines is 1. The zero-order valence-electron chi connectivity index (χ0n) is 13.9. The standard InChI is InChI=1S/C18H20N2O4S/c1-24-15-6-8-16(9-7-15)25(22,23)19-12-10-18(21)20-13-11-14-4-2-3-5-17(14)20/h2-9,19H,10-13H2,1H3. The molecule has 2 aromatic carbocycles. The monoisotopic (exact) mass is 360 g/mol. The fraction of sp³-hybridized carbons (Fsp3) is 0.278. The summed E-state index contributed by atoms with van der Waals surface area (Å²) < 4.78 is 32.0. The average molecular weight is 360 g/mol. The molecule has 1 aliphatic heterocycles. The Morgan fingerprint density at radius 1 is 1.16 bits per heavy atom. The maximum atomic E-state index is 12.4. The van der Waals surface area contributed by atoms with Crippen LogP contribution >= 0.6 is 0 Å². The predicted octanol–water partition coefficient (Wildman–Crippen LogP) is 1.95. The topological polar surface area (TPSA) is 75.7 Å². The second-order valence-corrected chi connectivity index (χ2v) is 7.51. The van der Waals surface area contributed by atoms with Crippen LogP contribution in [0.3, 0.4) is 0 Å². The van der Waals surface area contributed by atoms with E-state index in [1.807, 2.05) is 24.3 Å². The van der Waals surface area contributed by atoms with Crippen molar-refractivity contribution < 1.29 is 17.9 Å². The Bertz CT molecular complexity index is 863. The third-order valence-corrected chi connectivity index (χ3v) is 5.67. The Labute approximate surface area is 147 Å². The van der Waals surface area contributed by atoms with E-state index in [2.05, 4.69) is 4.72 Å². The molecule has 7 heteroatoms. The molecule has 3 rings (SSSR count). The number of para-hydroxylation sites is 1. The van der Waals surface area contributed by atoms with Crippen molar-refractivity contribution in [1.82, 2.24) is 4.72 Å². The molecule has 1 N–H and O–H groups in total. The van der Waals surface area contributed by atoms with Crippen molar-refractivity contribution in [3.63, 3.8) is 0 Å². The molecule has 0 bridgehead atoms. The van der Waals surface area contributed by atoms with E-state index in [0.717, 1.165) is 17.7 Å². The van der Waals surface area contributed by atoms with Crippen molar-refractivity contribution in [2.45, 2.75) is 17.7 Å². The summed E-state index contributed by atoms with van der Waals surface area (Å²) in [5.41, 5.74) is 2.07. The number of amides is 1. The summed E-state index contributed by atoms with van der Waals surface area (Å²) in [6, 6.07) is 13.9. The van der Waals surface area contributed by atoms with E-state index in [0.29, 0.717) is 12.3 Å². The molecule has 6 nitrogen and oxygen atoms in total. The Morgan fingerprint density at radius 3 is 2.60 bits per heavy atom. The number of fused-ring (bicyclic) bond motifs is 1. The molecule has 1 aliphatic rings. The number of nitrogens with zero attached hydrogens (tertiary/aromatic N) is 1. The molecule has 0 radical (unpaired) electrons. The second kappa shape index (κ2) is 7.25. The molecule has 0 fully saturated rings. The van der Waals surface area contributed by atoms with Crippen molar-refractivity contribution in [3.8, 4) is 5.75 Å². The molecular weight excluding hydrogens is 340 g/mol. The lowest BCUT2D eigenvalue weighted by atomic mass is 10.2. The van der Waals surface area contributed by atoms with Gasteiger partial charge >= 0.3 is 0 Å². The molecule has 0 aliphatic carbocycles. The van der Waals surface area contributed by atoms with Crippen LogP contribution in [-0.4, -0.2) is 34.5 Å². The highest BCUT2D eigenvalue weighted by Gasteiger charge is 2.24. The van der Waals surface area contributed by atoms with E-state index < -0.39 is 10.0 Å². The number of benzene rings is 2. The predicted molar refractivity (Wildman–Crippen MR) is 95.3 cm³/mol. The van der Waals surface area contributed by atoms with Crippen LogP contribution in [0.1, 0.15) is 12.0 Å². The smallest absolute Gasteiger partial charge is 0.240 e. The number of carbonyl (C=O) groups excluding carboxylic acids is 1. The average Bonchev–Trinajstić information content (AvgIpc) is 3.06. The van der Waals surface area contributed by atoms with Gasteiger partial charge in [-0.3, -0.25) is 4.79 Å². The van der Waals surface area contributed by atoms with Crippen LogP contribution in [0.15, 0.2) is 53.4 Å². The first kappa shape index (κ1) is 17.4. The van der Waals surface area contributed by atoms with Gasteiger partial charge in [0.2, 0.25) is 15.9 Å². The Kier molecular flexibility index (Phi) is 5.06. The molecule has 25 heavy (non-hydrogen) atoms. The van der Waals surface area contributed by atoms with Crippen molar-refractivity contribution in [2.24, 2.45) is 0 Å². The molecule has 132 valence electrons. The summed E-state index contributed by atoms with van der Waals surface area (Å²) in [7, 11) is -2.12. The maximum Gasteiger partial charge on any atom is 0.240 e. The maximum absolute atomic E-state index is 12.4. The first-order valence-electron chi connectivity index (χ1n) is 8.03. The van der Waals surface area contributed by atoms with E-state index in [4.69, 9.17) is 4.74 Å². The fourth-order valence-electron chi connectivity index (χ4n) is 2.86. The normalized spacial score (nSPS) is 13.6. The Hall–Kier alpha value is -2.38. The lowest BCUT2D eigenvalue weighted by Gasteiger charge is -2.17. The van der Waals surface area contributed by atoms with Gasteiger partial charge < -0.3 is 9.64 Å². The minimum atomic E-state index is -3.64. The molecule has 0 saturated heterocycles. The highest BCUT2D eigenvalue weighted by Crippen LogP contribution is 2.27. The van der Waals surface area contributed by atoms with Gasteiger partial charge in [-0.2, -0.15) is 0 Å². The molecule has 0 aromatic heterocycles. The van der Waals surface area contributed by atoms with Crippen molar-refractivity contribution in [1.29, 1.82) is 0 Å². The summed E-state index contributed by atoms with van der Waals surface area (Å²) in [6.45, 7) is 0.704. The van der Waals surface area contributed by atoms with Crippen LogP contribution in [0.25, 0.3) is 0 Å². The van der Waals surface area contributed by atoms with Crippen LogP contribution in [0.5, 0.6) is 5.75 Å². The Morgan fingerprint density at radius 2 is 1.88 bits per heavy atom. The van der Waals surface area contributed by atoms with Gasteiger partial charge in [0.15, 0.2) is 0 Å². The molecule has 2 aromatic rings. The van der Waals surface area contributed by atoms with Gasteiger partial charge in [0, 0.05) is 25.2 Å². The van der Waals surface area contributed by atoms with Crippen molar-refractivity contribution >= 4 is 21.6 Å². The van der Waals surface area contributed by atoms with Gasteiger partial charge in [-0.15, -0.1) is 0 Å². The van der Waals surface area contributed by atoms with Gasteiger partial charge in [-0.25, -0.2) is 13.1 Å². The molecule has 0 saturated carbocycles. The molecule has 1 amide bonds. The van der Waals surface area contributed by atoms with Crippen LogP contribution in [0, 0.1) is 0 Å². The summed E-state index contributed by atoms with van der Waals surface area (Å²) in [4.78, 5) is 14.3. The summed E-state index contributed by atoms with van der Waals surface area (Å²) in [6.07, 6.45) is 0.948. The molecule has 0 spiro atoms. The largest absolute Gasteiger partial charge is 0.497 e. The number of carbonyl (C=O) groups is 1. The molecule has 0 atom stereocenters. The minimum absolute atomic E-state index is 0.0614. The van der Waals surface area contributed by atoms with Crippen molar-refractivity contribution in [2.75, 3.05) is 25.1 Å². The molecule has 0 unspecified atom stereocenters. The SMILES string of the molecule is COc1ccc(S(=O)(=O)NCCC(=O)N2CCc3ccccc32)cc1. The van der Waals surface area contributed by atoms with Crippen LogP contribution < -0.4 is 14.4 Å². The Balaban J connectivity index is 1.58. The van der Waals surface area contributed by atoms with Gasteiger partial charge in [0.1, 0.15) is 5.75 Å². The van der Waals surface area contributed by atoms with E-state index in [1.165, 1.54) is 19.2 Å². The highest BCUT2D eigenvalue weighted by molar-refractivity contribution is 7.89. The zero-order chi connectivity index (χ0) is 17.9. The van der Waals surface area contributed by atoms with Gasteiger partial charge in [-0.1, -0.05) is 18.2 Å². The van der Waals surface area contributed by atoms with Gasteiger partial charge in [-0.05, 0) is 42.3 Å². The third-order valence-electron chi connectivity index (χ3n) is 4.19. The summed E-state index contributed by atoms with van der Waals surface area (Å²) >= 11 is 0. The lowest BCUT2D eigenvalue weighted by molar-refractivity contribution is -0.118. The summed E-state index contributed by atoms with van der Waals surface area (Å²) in [5, 5.41) is 0. The van der Waals surface area contributed by atoms with E-state index in [-0.39, 0.29) is 23.8 Å². The number of hydrogen-bond donors (Lipinski definition) is 1. The van der Waals surface area contributed by atoms with Crippen LogP contribution in [0.2, 0.25) is 0 Å². The second-order valence-electron chi connectivity index (χ2n) is 5.75. The minimum Gasteiger partial charge on any atom is -0.497 e. The molecule has 1 heterocycles. The number of sulfonamides is 1. The van der Waals surface area contributed by atoms with Crippen molar-refractivity contribution in [3.05, 3.63) is 54.1 Å². The van der Waals surface area contributed by atoms with Crippen LogP contribution in [0.4, 0.5) is 5.69 Å².